The second kappa shape index (κ2) is 6.02. The van der Waals surface area contributed by atoms with Gasteiger partial charge in [0.05, 0.1) is 0 Å². The Morgan fingerprint density at radius 3 is 2.59 bits per heavy atom. The van der Waals surface area contributed by atoms with Crippen LogP contribution in [0, 0.1) is 6.92 Å². The quantitative estimate of drug-likeness (QED) is 0.575. The van der Waals surface area contributed by atoms with Crippen molar-refractivity contribution in [2.45, 2.75) is 46.0 Å². The minimum absolute atomic E-state index is 0.251. The number of rotatable bonds is 4. The van der Waals surface area contributed by atoms with Gasteiger partial charge in [0, 0.05) is 0 Å². The first-order valence-electron chi connectivity index (χ1n) is 8.01. The van der Waals surface area contributed by atoms with E-state index in [4.69, 9.17) is 4.98 Å². The molecule has 2 aromatic heterocycles. The third-order valence-corrected chi connectivity index (χ3v) is 6.79. The van der Waals surface area contributed by atoms with Crippen molar-refractivity contribution in [3.05, 3.63) is 52.6 Å². The van der Waals surface area contributed by atoms with E-state index in [0.717, 1.165) is 18.5 Å². The maximum absolute atomic E-state index is 4.71. The monoisotopic (exact) mass is 357 g/mol. The standard InChI is InChI=1S/C20H23NSe/c1-5-20(4,6-2)17-10-14(3)9-16(11-17)18-12-15-7-8-22-19(15)13-21-18/h7-13H,5-6H2,1-4H3. The van der Waals surface area contributed by atoms with Crippen molar-refractivity contribution in [1.82, 2.24) is 4.98 Å². The summed E-state index contributed by atoms with van der Waals surface area (Å²) in [6.45, 7) is 9.13. The summed E-state index contributed by atoms with van der Waals surface area (Å²) in [6, 6.07) is 11.4. The van der Waals surface area contributed by atoms with Gasteiger partial charge >= 0.3 is 139 Å². The van der Waals surface area contributed by atoms with E-state index in [9.17, 15) is 0 Å². The van der Waals surface area contributed by atoms with Gasteiger partial charge in [0.2, 0.25) is 0 Å². The molecule has 3 rings (SSSR count). The molecule has 0 saturated heterocycles. The number of pyridine rings is 1. The van der Waals surface area contributed by atoms with Gasteiger partial charge in [0.15, 0.2) is 0 Å². The van der Waals surface area contributed by atoms with Gasteiger partial charge in [0.25, 0.3) is 0 Å². The molecule has 22 heavy (non-hydrogen) atoms. The number of fused-ring (bicyclic) bond motifs is 1. The number of benzene rings is 1. The fourth-order valence-corrected chi connectivity index (χ4v) is 4.51. The Bertz CT molecular complexity index is 796. The summed E-state index contributed by atoms with van der Waals surface area (Å²) in [5.74, 6) is 0. The van der Waals surface area contributed by atoms with E-state index < -0.39 is 0 Å². The van der Waals surface area contributed by atoms with Crippen LogP contribution in [0.5, 0.6) is 0 Å². The van der Waals surface area contributed by atoms with Gasteiger partial charge in [-0.05, 0) is 0 Å². The Labute approximate surface area is 139 Å². The summed E-state index contributed by atoms with van der Waals surface area (Å²) in [6.07, 6.45) is 4.38. The summed E-state index contributed by atoms with van der Waals surface area (Å²) in [7, 11) is 0. The molecule has 0 amide bonds. The SMILES string of the molecule is CCC(C)(CC)c1cc(C)cc(-c2cc3cc[se]c3cn2)c1. The predicted octanol–water partition coefficient (Wildman–Crippen LogP) is 5.34. The number of aryl methyl sites for hydroxylation is 1. The van der Waals surface area contributed by atoms with Gasteiger partial charge in [-0.1, -0.05) is 0 Å². The van der Waals surface area contributed by atoms with E-state index in [-0.39, 0.29) is 5.41 Å². The predicted molar refractivity (Wildman–Crippen MR) is 96.8 cm³/mol. The van der Waals surface area contributed by atoms with E-state index in [1.165, 1.54) is 26.3 Å². The molecule has 0 fully saturated rings. The van der Waals surface area contributed by atoms with Crippen molar-refractivity contribution in [1.29, 1.82) is 0 Å². The van der Waals surface area contributed by atoms with Gasteiger partial charge in [-0.3, -0.25) is 0 Å². The van der Waals surface area contributed by atoms with Crippen LogP contribution in [0.25, 0.3) is 20.9 Å². The average Bonchev–Trinajstić information content (AvgIpc) is 3.01. The summed E-state index contributed by atoms with van der Waals surface area (Å²) in [5, 5.41) is 1.35. The van der Waals surface area contributed by atoms with E-state index in [1.807, 2.05) is 0 Å². The first-order chi connectivity index (χ1) is 10.6. The molecule has 0 atom stereocenters. The summed E-state index contributed by atoms with van der Waals surface area (Å²) < 4.78 is 1.40. The van der Waals surface area contributed by atoms with Crippen LogP contribution in [-0.2, 0) is 5.41 Å². The Morgan fingerprint density at radius 1 is 1.09 bits per heavy atom. The molecular formula is C20H23NSe. The van der Waals surface area contributed by atoms with Gasteiger partial charge in [-0.15, -0.1) is 0 Å². The van der Waals surface area contributed by atoms with Gasteiger partial charge in [-0.25, -0.2) is 0 Å². The van der Waals surface area contributed by atoms with Crippen molar-refractivity contribution in [2.75, 3.05) is 0 Å². The molecule has 0 N–H and O–H groups in total. The molecule has 2 heterocycles. The van der Waals surface area contributed by atoms with Crippen molar-refractivity contribution in [3.8, 4) is 11.3 Å². The number of hydrogen-bond donors (Lipinski definition) is 0. The molecule has 0 radical (unpaired) electrons. The molecular weight excluding hydrogens is 333 g/mol. The Morgan fingerprint density at radius 2 is 1.86 bits per heavy atom. The molecule has 1 nitrogen and oxygen atoms in total. The fourth-order valence-electron chi connectivity index (χ4n) is 2.96. The van der Waals surface area contributed by atoms with Crippen LogP contribution >= 0.6 is 0 Å². The molecule has 0 aliphatic rings. The van der Waals surface area contributed by atoms with Gasteiger partial charge in [0.1, 0.15) is 0 Å². The number of nitrogens with zero attached hydrogens (tertiary/aromatic N) is 1. The first kappa shape index (κ1) is 15.5. The van der Waals surface area contributed by atoms with E-state index in [1.54, 1.807) is 0 Å². The van der Waals surface area contributed by atoms with Crippen molar-refractivity contribution < 1.29 is 0 Å². The molecule has 0 saturated carbocycles. The second-order valence-corrected chi connectivity index (χ2v) is 8.37. The van der Waals surface area contributed by atoms with Gasteiger partial charge < -0.3 is 0 Å². The van der Waals surface area contributed by atoms with Gasteiger partial charge in [-0.2, -0.15) is 0 Å². The van der Waals surface area contributed by atoms with E-state index in [0.29, 0.717) is 14.5 Å². The Balaban J connectivity index is 2.12. The molecule has 0 aliphatic carbocycles. The third-order valence-electron chi connectivity index (χ3n) is 4.97. The maximum atomic E-state index is 4.71. The summed E-state index contributed by atoms with van der Waals surface area (Å²) in [5.41, 5.74) is 5.36. The molecule has 0 spiro atoms. The van der Waals surface area contributed by atoms with Crippen molar-refractivity contribution in [2.24, 2.45) is 0 Å². The zero-order chi connectivity index (χ0) is 15.7. The molecule has 114 valence electrons. The third kappa shape index (κ3) is 2.78. The van der Waals surface area contributed by atoms with E-state index >= 15 is 0 Å². The molecule has 0 bridgehead atoms. The fraction of sp³-hybridized carbons (Fsp3) is 0.350. The van der Waals surface area contributed by atoms with Crippen LogP contribution in [0.2, 0.25) is 0 Å². The van der Waals surface area contributed by atoms with Crippen LogP contribution in [0.15, 0.2) is 41.5 Å². The number of hydrogen-bond acceptors (Lipinski definition) is 1. The summed E-state index contributed by atoms with van der Waals surface area (Å²) >= 11 is 0.474. The molecule has 0 aliphatic heterocycles. The zero-order valence-corrected chi connectivity index (χ0v) is 15.5. The topological polar surface area (TPSA) is 12.9 Å². The number of aromatic nitrogens is 1. The second-order valence-electron chi connectivity index (χ2n) is 6.38. The van der Waals surface area contributed by atoms with Crippen LogP contribution in [0.3, 0.4) is 0 Å². The van der Waals surface area contributed by atoms with Crippen LogP contribution in [0.1, 0.15) is 44.7 Å². The minimum atomic E-state index is 0.251. The van der Waals surface area contributed by atoms with Crippen molar-refractivity contribution >= 4 is 24.1 Å². The van der Waals surface area contributed by atoms with E-state index in [2.05, 4.69) is 69.2 Å². The molecule has 0 unspecified atom stereocenters. The normalized spacial score (nSPS) is 12.0. The van der Waals surface area contributed by atoms with Crippen LogP contribution in [-0.4, -0.2) is 19.5 Å². The summed E-state index contributed by atoms with van der Waals surface area (Å²) in [4.78, 5) is 6.99. The van der Waals surface area contributed by atoms with Crippen LogP contribution in [0.4, 0.5) is 0 Å². The zero-order valence-electron chi connectivity index (χ0n) is 13.8. The van der Waals surface area contributed by atoms with Crippen LogP contribution < -0.4 is 0 Å². The first-order valence-corrected chi connectivity index (χ1v) is 9.86. The Hall–Kier alpha value is -1.37. The molecule has 3 aromatic rings. The molecule has 1 aromatic carbocycles. The average molecular weight is 356 g/mol. The van der Waals surface area contributed by atoms with Crippen molar-refractivity contribution in [3.63, 3.8) is 0 Å². The Kier molecular flexibility index (Phi) is 4.25. The molecule has 2 heteroatoms.